The molecule has 3 heterocycles. The smallest absolute Gasteiger partial charge is 0.160 e. The highest BCUT2D eigenvalue weighted by Crippen LogP contribution is 2.20. The van der Waals surface area contributed by atoms with Gasteiger partial charge in [-0.1, -0.05) is 30.3 Å². The third kappa shape index (κ3) is 4.17. The van der Waals surface area contributed by atoms with Gasteiger partial charge in [0.05, 0.1) is 24.8 Å². The van der Waals surface area contributed by atoms with Crippen molar-refractivity contribution in [3.63, 3.8) is 0 Å². The normalized spacial score (nSPS) is 16.2. The minimum atomic E-state index is 0.435. The van der Waals surface area contributed by atoms with E-state index in [0.29, 0.717) is 12.6 Å². The third-order valence-electron chi connectivity index (χ3n) is 4.84. The molecule has 1 aromatic carbocycles. The number of hydrogen-bond donors (Lipinski definition) is 2. The first-order valence-corrected chi connectivity index (χ1v) is 9.13. The van der Waals surface area contributed by atoms with Gasteiger partial charge in [-0.3, -0.25) is 5.10 Å². The number of anilines is 1. The Hall–Kier alpha value is -2.51. The van der Waals surface area contributed by atoms with Crippen LogP contribution in [-0.4, -0.2) is 57.3 Å². The Bertz CT molecular complexity index is 813. The van der Waals surface area contributed by atoms with E-state index in [0.717, 1.165) is 55.9 Å². The fourth-order valence-corrected chi connectivity index (χ4v) is 3.33. The molecule has 1 aliphatic heterocycles. The van der Waals surface area contributed by atoms with Crippen LogP contribution in [0.1, 0.15) is 18.4 Å². The van der Waals surface area contributed by atoms with Gasteiger partial charge in [-0.2, -0.15) is 5.10 Å². The Morgan fingerprint density at radius 3 is 2.85 bits per heavy atom. The maximum Gasteiger partial charge on any atom is 0.160 e. The summed E-state index contributed by atoms with van der Waals surface area (Å²) in [5, 5.41) is 11.4. The van der Waals surface area contributed by atoms with Crippen molar-refractivity contribution in [2.75, 3.05) is 31.6 Å². The van der Waals surface area contributed by atoms with Crippen LogP contribution in [0, 0.1) is 0 Å². The zero-order valence-corrected chi connectivity index (χ0v) is 14.8. The van der Waals surface area contributed by atoms with Crippen LogP contribution < -0.4 is 5.32 Å². The van der Waals surface area contributed by atoms with Crippen LogP contribution in [0.5, 0.6) is 0 Å². The molecule has 0 radical (unpaired) electrons. The SMILES string of the molecule is c1ccc(COCCN2CCC(Nc3ncnc4[nH]ncc34)CC2)cc1. The largest absolute Gasteiger partial charge is 0.375 e. The first-order valence-electron chi connectivity index (χ1n) is 9.13. The van der Waals surface area contributed by atoms with E-state index in [2.05, 4.69) is 42.5 Å². The second kappa shape index (κ2) is 8.25. The summed E-state index contributed by atoms with van der Waals surface area (Å²) < 4.78 is 5.80. The Morgan fingerprint density at radius 1 is 1.15 bits per heavy atom. The second-order valence-electron chi connectivity index (χ2n) is 6.65. The van der Waals surface area contributed by atoms with E-state index in [1.807, 2.05) is 18.2 Å². The minimum absolute atomic E-state index is 0.435. The number of ether oxygens (including phenoxy) is 1. The Labute approximate surface area is 152 Å². The summed E-state index contributed by atoms with van der Waals surface area (Å²) in [6.45, 7) is 4.60. The minimum Gasteiger partial charge on any atom is -0.375 e. The van der Waals surface area contributed by atoms with Gasteiger partial charge in [0, 0.05) is 25.7 Å². The van der Waals surface area contributed by atoms with Gasteiger partial charge in [-0.25, -0.2) is 9.97 Å². The maximum absolute atomic E-state index is 5.80. The van der Waals surface area contributed by atoms with Gasteiger partial charge in [0.15, 0.2) is 5.65 Å². The molecule has 2 aromatic heterocycles. The van der Waals surface area contributed by atoms with Gasteiger partial charge >= 0.3 is 0 Å². The van der Waals surface area contributed by atoms with Crippen LogP contribution in [-0.2, 0) is 11.3 Å². The number of piperidine rings is 1. The predicted octanol–water partition coefficient (Wildman–Crippen LogP) is 2.45. The van der Waals surface area contributed by atoms with Crippen molar-refractivity contribution < 1.29 is 4.74 Å². The summed E-state index contributed by atoms with van der Waals surface area (Å²) in [6, 6.07) is 10.8. The molecule has 3 aromatic rings. The summed E-state index contributed by atoms with van der Waals surface area (Å²) in [5.74, 6) is 0.869. The molecule has 1 fully saturated rings. The molecule has 26 heavy (non-hydrogen) atoms. The molecule has 1 saturated heterocycles. The van der Waals surface area contributed by atoms with Gasteiger partial charge < -0.3 is 15.0 Å². The van der Waals surface area contributed by atoms with E-state index >= 15 is 0 Å². The topological polar surface area (TPSA) is 79.0 Å². The molecule has 0 aliphatic carbocycles. The first kappa shape index (κ1) is 16.9. The number of H-pyrrole nitrogens is 1. The van der Waals surface area contributed by atoms with Crippen molar-refractivity contribution in [2.45, 2.75) is 25.5 Å². The number of nitrogens with one attached hydrogen (secondary N) is 2. The van der Waals surface area contributed by atoms with Crippen LogP contribution in [0.2, 0.25) is 0 Å². The molecule has 4 rings (SSSR count). The molecule has 1 aliphatic rings. The highest BCUT2D eigenvalue weighted by molar-refractivity contribution is 5.85. The quantitative estimate of drug-likeness (QED) is 0.636. The van der Waals surface area contributed by atoms with Gasteiger partial charge in [-0.05, 0) is 18.4 Å². The molecule has 7 heteroatoms. The second-order valence-corrected chi connectivity index (χ2v) is 6.65. The van der Waals surface area contributed by atoms with E-state index in [4.69, 9.17) is 4.74 Å². The molecular formula is C19H24N6O. The molecule has 7 nitrogen and oxygen atoms in total. The number of likely N-dealkylation sites (tertiary alicyclic amines) is 1. The van der Waals surface area contributed by atoms with Crippen LogP contribution in [0.4, 0.5) is 5.82 Å². The number of fused-ring (bicyclic) bond motifs is 1. The van der Waals surface area contributed by atoms with Crippen molar-refractivity contribution in [2.24, 2.45) is 0 Å². The Kier molecular flexibility index (Phi) is 5.37. The van der Waals surface area contributed by atoms with Gasteiger partial charge in [-0.15, -0.1) is 0 Å². The lowest BCUT2D eigenvalue weighted by Crippen LogP contribution is -2.40. The fraction of sp³-hybridized carbons (Fsp3) is 0.421. The van der Waals surface area contributed by atoms with E-state index in [-0.39, 0.29) is 0 Å². The number of aromatic nitrogens is 4. The molecule has 0 spiro atoms. The Morgan fingerprint density at radius 2 is 2.00 bits per heavy atom. The van der Waals surface area contributed by atoms with Gasteiger partial charge in [0.25, 0.3) is 0 Å². The van der Waals surface area contributed by atoms with Crippen molar-refractivity contribution in [3.05, 3.63) is 48.4 Å². The van der Waals surface area contributed by atoms with Crippen molar-refractivity contribution in [3.8, 4) is 0 Å². The van der Waals surface area contributed by atoms with E-state index in [1.165, 1.54) is 5.56 Å². The zero-order chi connectivity index (χ0) is 17.6. The lowest BCUT2D eigenvalue weighted by molar-refractivity contribution is 0.0850. The van der Waals surface area contributed by atoms with Crippen LogP contribution in [0.25, 0.3) is 11.0 Å². The zero-order valence-electron chi connectivity index (χ0n) is 14.8. The molecule has 0 unspecified atom stereocenters. The standard InChI is InChI=1S/C19H24N6O/c1-2-4-15(5-3-1)13-26-11-10-25-8-6-16(7-9-25)23-18-17-12-22-24-19(17)21-14-20-18/h1-5,12,14,16H,6-11,13H2,(H2,20,21,22,23,24). The number of nitrogens with zero attached hydrogens (tertiary/aromatic N) is 4. The third-order valence-corrected chi connectivity index (χ3v) is 4.84. The Balaban J connectivity index is 1.19. The highest BCUT2D eigenvalue weighted by atomic mass is 16.5. The molecule has 2 N–H and O–H groups in total. The number of rotatable bonds is 7. The molecule has 0 bridgehead atoms. The van der Waals surface area contributed by atoms with Crippen molar-refractivity contribution in [1.82, 2.24) is 25.1 Å². The van der Waals surface area contributed by atoms with E-state index in [1.54, 1.807) is 12.5 Å². The molecule has 0 saturated carbocycles. The summed E-state index contributed by atoms with van der Waals surface area (Å²) in [5.41, 5.74) is 2.00. The maximum atomic E-state index is 5.80. The summed E-state index contributed by atoms with van der Waals surface area (Å²) in [7, 11) is 0. The average Bonchev–Trinajstić information content (AvgIpc) is 3.17. The lowest BCUT2D eigenvalue weighted by Gasteiger charge is -2.32. The van der Waals surface area contributed by atoms with E-state index < -0.39 is 0 Å². The molecule has 0 atom stereocenters. The van der Waals surface area contributed by atoms with Crippen molar-refractivity contribution >= 4 is 16.9 Å². The van der Waals surface area contributed by atoms with Gasteiger partial charge in [0.2, 0.25) is 0 Å². The molecule has 136 valence electrons. The summed E-state index contributed by atoms with van der Waals surface area (Å²) in [4.78, 5) is 11.0. The lowest BCUT2D eigenvalue weighted by atomic mass is 10.1. The van der Waals surface area contributed by atoms with Crippen LogP contribution >= 0.6 is 0 Å². The summed E-state index contributed by atoms with van der Waals surface area (Å²) >= 11 is 0. The predicted molar refractivity (Wildman–Crippen MR) is 101 cm³/mol. The number of aromatic amines is 1. The monoisotopic (exact) mass is 352 g/mol. The molecular weight excluding hydrogens is 328 g/mol. The molecule has 0 amide bonds. The van der Waals surface area contributed by atoms with Crippen LogP contribution in [0.3, 0.4) is 0 Å². The number of hydrogen-bond acceptors (Lipinski definition) is 6. The summed E-state index contributed by atoms with van der Waals surface area (Å²) in [6.07, 6.45) is 5.54. The van der Waals surface area contributed by atoms with Crippen molar-refractivity contribution in [1.29, 1.82) is 0 Å². The van der Waals surface area contributed by atoms with Crippen LogP contribution in [0.15, 0.2) is 42.9 Å². The fourth-order valence-electron chi connectivity index (χ4n) is 3.33. The average molecular weight is 352 g/mol. The van der Waals surface area contributed by atoms with Gasteiger partial charge in [0.1, 0.15) is 12.1 Å². The van der Waals surface area contributed by atoms with E-state index in [9.17, 15) is 0 Å². The number of benzene rings is 1. The first-order chi connectivity index (χ1) is 12.9. The highest BCUT2D eigenvalue weighted by Gasteiger charge is 2.20.